The first-order valence-corrected chi connectivity index (χ1v) is 10.1. The normalized spacial score (nSPS) is 17.9. The first kappa shape index (κ1) is 19.3. The monoisotopic (exact) mass is 466 g/mol. The molecule has 1 atom stereocenters. The highest BCUT2D eigenvalue weighted by Gasteiger charge is 2.16. The number of nitrogens with zero attached hydrogens (tertiary/aromatic N) is 1. The van der Waals surface area contributed by atoms with Crippen LogP contribution in [0.3, 0.4) is 0 Å². The maximum atomic E-state index is 13.3. The Balaban J connectivity index is 1.54. The molecule has 1 amide bonds. The Morgan fingerprint density at radius 3 is 2.69 bits per heavy atom. The van der Waals surface area contributed by atoms with Gasteiger partial charge in [0.1, 0.15) is 5.82 Å². The lowest BCUT2D eigenvalue weighted by atomic mass is 9.99. The van der Waals surface area contributed by atoms with Crippen molar-refractivity contribution in [3.05, 3.63) is 68.5 Å². The summed E-state index contributed by atoms with van der Waals surface area (Å²) in [6.45, 7) is 6.08. The lowest BCUT2D eigenvalue weighted by Gasteiger charge is -2.30. The molecule has 0 saturated carbocycles. The van der Waals surface area contributed by atoms with Gasteiger partial charge in [-0.15, -0.1) is 0 Å². The SMILES string of the molecule is CC1CCCN(Cc2ccc(CNC(=O)c3cc(F)ccc3I)cc2)C1. The van der Waals surface area contributed by atoms with Crippen LogP contribution in [0.15, 0.2) is 42.5 Å². The van der Waals surface area contributed by atoms with E-state index < -0.39 is 5.82 Å². The molecule has 1 N–H and O–H groups in total. The summed E-state index contributed by atoms with van der Waals surface area (Å²) in [5, 5.41) is 2.87. The Labute approximate surface area is 168 Å². The lowest BCUT2D eigenvalue weighted by Crippen LogP contribution is -2.33. The van der Waals surface area contributed by atoms with E-state index >= 15 is 0 Å². The predicted octanol–water partition coefficient (Wildman–Crippen LogP) is 4.59. The molecule has 1 saturated heterocycles. The summed E-state index contributed by atoms with van der Waals surface area (Å²) in [5.74, 6) is 0.135. The van der Waals surface area contributed by atoms with Gasteiger partial charge < -0.3 is 5.32 Å². The Hall–Kier alpha value is -1.47. The third-order valence-corrected chi connectivity index (χ3v) is 5.74. The van der Waals surface area contributed by atoms with Gasteiger partial charge in [0.05, 0.1) is 5.56 Å². The number of likely N-dealkylation sites (tertiary alicyclic amines) is 1. The second-order valence-corrected chi connectivity index (χ2v) is 8.27. The smallest absolute Gasteiger partial charge is 0.252 e. The molecule has 3 nitrogen and oxygen atoms in total. The van der Waals surface area contributed by atoms with Crippen molar-refractivity contribution in [2.45, 2.75) is 32.9 Å². The van der Waals surface area contributed by atoms with Crippen LogP contribution in [0.1, 0.15) is 41.3 Å². The summed E-state index contributed by atoms with van der Waals surface area (Å²) >= 11 is 2.05. The number of halogens is 2. The van der Waals surface area contributed by atoms with E-state index in [1.165, 1.54) is 43.6 Å². The van der Waals surface area contributed by atoms with Gasteiger partial charge in [0.2, 0.25) is 0 Å². The largest absolute Gasteiger partial charge is 0.348 e. The Bertz CT molecular complexity index is 763. The summed E-state index contributed by atoms with van der Waals surface area (Å²) in [7, 11) is 0. The first-order chi connectivity index (χ1) is 12.5. The topological polar surface area (TPSA) is 32.3 Å². The highest BCUT2D eigenvalue weighted by atomic mass is 127. The molecule has 0 aromatic heterocycles. The molecule has 1 aliphatic heterocycles. The number of carbonyl (C=O) groups excluding carboxylic acids is 1. The third-order valence-electron chi connectivity index (χ3n) is 4.80. The third kappa shape index (κ3) is 5.27. The van der Waals surface area contributed by atoms with Crippen molar-refractivity contribution >= 4 is 28.5 Å². The summed E-state index contributed by atoms with van der Waals surface area (Å²) in [5.41, 5.74) is 2.72. The van der Waals surface area contributed by atoms with Gasteiger partial charge in [-0.05, 0) is 77.2 Å². The molecule has 26 heavy (non-hydrogen) atoms. The molecular formula is C21H24FIN2O. The molecule has 3 rings (SSSR count). The number of carbonyl (C=O) groups is 1. The first-order valence-electron chi connectivity index (χ1n) is 9.04. The van der Waals surface area contributed by atoms with Crippen molar-refractivity contribution in [3.8, 4) is 0 Å². The molecule has 138 valence electrons. The summed E-state index contributed by atoms with van der Waals surface area (Å²) in [6.07, 6.45) is 2.61. The van der Waals surface area contributed by atoms with E-state index in [-0.39, 0.29) is 5.91 Å². The fraction of sp³-hybridized carbons (Fsp3) is 0.381. The van der Waals surface area contributed by atoms with Crippen LogP contribution in [0.2, 0.25) is 0 Å². The summed E-state index contributed by atoms with van der Waals surface area (Å²) in [4.78, 5) is 14.8. The molecule has 1 unspecified atom stereocenters. The Morgan fingerprint density at radius 1 is 1.23 bits per heavy atom. The van der Waals surface area contributed by atoms with Crippen LogP contribution in [-0.4, -0.2) is 23.9 Å². The molecule has 2 aromatic carbocycles. The van der Waals surface area contributed by atoms with Crippen LogP contribution in [0, 0.1) is 15.3 Å². The zero-order valence-corrected chi connectivity index (χ0v) is 17.1. The van der Waals surface area contributed by atoms with Crippen molar-refractivity contribution in [2.75, 3.05) is 13.1 Å². The van der Waals surface area contributed by atoms with Crippen LogP contribution in [-0.2, 0) is 13.1 Å². The van der Waals surface area contributed by atoms with Gasteiger partial charge in [0.15, 0.2) is 0 Å². The Morgan fingerprint density at radius 2 is 1.96 bits per heavy atom. The average Bonchev–Trinajstić information content (AvgIpc) is 2.63. The molecular weight excluding hydrogens is 442 g/mol. The predicted molar refractivity (Wildman–Crippen MR) is 110 cm³/mol. The molecule has 2 aromatic rings. The Kier molecular flexibility index (Phi) is 6.64. The average molecular weight is 466 g/mol. The van der Waals surface area contributed by atoms with E-state index in [1.807, 2.05) is 22.6 Å². The maximum absolute atomic E-state index is 13.3. The van der Waals surface area contributed by atoms with Crippen molar-refractivity contribution in [1.29, 1.82) is 0 Å². The zero-order valence-electron chi connectivity index (χ0n) is 15.0. The van der Waals surface area contributed by atoms with Gasteiger partial charge >= 0.3 is 0 Å². The van der Waals surface area contributed by atoms with E-state index in [0.717, 1.165) is 21.6 Å². The van der Waals surface area contributed by atoms with Crippen molar-refractivity contribution in [2.24, 2.45) is 5.92 Å². The number of amides is 1. The molecule has 0 bridgehead atoms. The number of hydrogen-bond donors (Lipinski definition) is 1. The van der Waals surface area contributed by atoms with E-state index in [1.54, 1.807) is 6.07 Å². The minimum absolute atomic E-state index is 0.250. The minimum Gasteiger partial charge on any atom is -0.348 e. The fourth-order valence-electron chi connectivity index (χ4n) is 3.40. The molecule has 0 aliphatic carbocycles. The maximum Gasteiger partial charge on any atom is 0.252 e. The van der Waals surface area contributed by atoms with E-state index in [4.69, 9.17) is 0 Å². The molecule has 0 spiro atoms. The van der Waals surface area contributed by atoms with Crippen LogP contribution in [0.5, 0.6) is 0 Å². The van der Waals surface area contributed by atoms with Gasteiger partial charge in [-0.25, -0.2) is 4.39 Å². The molecule has 5 heteroatoms. The highest BCUT2D eigenvalue weighted by molar-refractivity contribution is 14.1. The summed E-state index contributed by atoms with van der Waals surface area (Å²) < 4.78 is 14.1. The van der Waals surface area contributed by atoms with Crippen molar-refractivity contribution in [3.63, 3.8) is 0 Å². The van der Waals surface area contributed by atoms with Gasteiger partial charge in [0.25, 0.3) is 5.91 Å². The van der Waals surface area contributed by atoms with Gasteiger partial charge in [-0.1, -0.05) is 31.2 Å². The fourth-order valence-corrected chi connectivity index (χ4v) is 3.98. The standard InChI is InChI=1S/C21H24FIN2O/c1-15-3-2-10-25(13-15)14-17-6-4-16(5-7-17)12-24-21(26)19-11-18(22)8-9-20(19)23/h4-9,11,15H,2-3,10,12-14H2,1H3,(H,24,26). The second kappa shape index (κ2) is 8.95. The number of nitrogens with one attached hydrogen (secondary N) is 1. The van der Waals surface area contributed by atoms with E-state index in [0.29, 0.717) is 12.1 Å². The van der Waals surface area contributed by atoms with E-state index in [2.05, 4.69) is 41.4 Å². The number of piperidine rings is 1. The minimum atomic E-state index is -0.396. The van der Waals surface area contributed by atoms with Crippen LogP contribution in [0.4, 0.5) is 4.39 Å². The number of rotatable bonds is 5. The van der Waals surface area contributed by atoms with Crippen molar-refractivity contribution in [1.82, 2.24) is 10.2 Å². The van der Waals surface area contributed by atoms with Crippen molar-refractivity contribution < 1.29 is 9.18 Å². The lowest BCUT2D eigenvalue weighted by molar-refractivity contribution is 0.0949. The van der Waals surface area contributed by atoms with Gasteiger partial charge in [-0.3, -0.25) is 9.69 Å². The summed E-state index contributed by atoms with van der Waals surface area (Å²) in [6, 6.07) is 12.6. The quantitative estimate of drug-likeness (QED) is 0.654. The zero-order chi connectivity index (χ0) is 18.5. The molecule has 1 heterocycles. The molecule has 0 radical (unpaired) electrons. The van der Waals surface area contributed by atoms with E-state index in [9.17, 15) is 9.18 Å². The van der Waals surface area contributed by atoms with Crippen LogP contribution >= 0.6 is 22.6 Å². The number of hydrogen-bond acceptors (Lipinski definition) is 2. The van der Waals surface area contributed by atoms with Crippen LogP contribution < -0.4 is 5.32 Å². The second-order valence-electron chi connectivity index (χ2n) is 7.11. The highest BCUT2D eigenvalue weighted by Crippen LogP contribution is 2.18. The van der Waals surface area contributed by atoms with Gasteiger partial charge in [-0.2, -0.15) is 0 Å². The van der Waals surface area contributed by atoms with Crippen LogP contribution in [0.25, 0.3) is 0 Å². The number of benzene rings is 2. The van der Waals surface area contributed by atoms with Gasteiger partial charge in [0, 0.05) is 23.2 Å². The molecule has 1 fully saturated rings. The molecule has 1 aliphatic rings.